The van der Waals surface area contributed by atoms with Gasteiger partial charge < -0.3 is 25.5 Å². The van der Waals surface area contributed by atoms with E-state index in [2.05, 4.69) is 0 Å². The molecule has 1 unspecified atom stereocenters. The lowest BCUT2D eigenvalue weighted by Gasteiger charge is -2.33. The number of nitrogens with zero attached hydrogens (tertiary/aromatic N) is 1. The Morgan fingerprint density at radius 1 is 0.946 bits per heavy atom. The second kappa shape index (κ2) is 8.08. The number of rotatable bonds is 2. The normalized spacial score (nSPS) is 19.2. The van der Waals surface area contributed by atoms with Gasteiger partial charge in [0.25, 0.3) is 0 Å². The highest BCUT2D eigenvalue weighted by atomic mass is 35.5. The summed E-state index contributed by atoms with van der Waals surface area (Å²) in [5.74, 6) is -1.27. The van der Waals surface area contributed by atoms with Crippen LogP contribution in [0.1, 0.15) is 43.4 Å². The van der Waals surface area contributed by atoms with Gasteiger partial charge in [0.15, 0.2) is 10.9 Å². The minimum Gasteiger partial charge on any atom is -0.511 e. The number of hydrogen-bond acceptors (Lipinski definition) is 8. The Labute approximate surface area is 217 Å². The topological polar surface area (TPSA) is 139 Å². The Morgan fingerprint density at radius 3 is 2.32 bits per heavy atom. The third-order valence-electron chi connectivity index (χ3n) is 8.16. The first-order chi connectivity index (χ1) is 16.9. The monoisotopic (exact) mass is 525 g/mol. The van der Waals surface area contributed by atoms with E-state index in [1.807, 2.05) is 4.90 Å². The van der Waals surface area contributed by atoms with Crippen molar-refractivity contribution in [2.75, 3.05) is 13.1 Å². The van der Waals surface area contributed by atoms with E-state index in [1.54, 1.807) is 20.8 Å². The van der Waals surface area contributed by atoms with E-state index in [0.717, 1.165) is 6.42 Å². The number of likely N-dealkylation sites (tertiary alicyclic amines) is 1. The molecule has 6 rings (SSSR count). The molecule has 0 amide bonds. The molecule has 0 spiro atoms. The third kappa shape index (κ3) is 3.16. The van der Waals surface area contributed by atoms with E-state index in [1.165, 1.54) is 12.1 Å². The maximum atomic E-state index is 13.9. The zero-order valence-corrected chi connectivity index (χ0v) is 21.5. The first-order valence-corrected chi connectivity index (χ1v) is 12.1. The van der Waals surface area contributed by atoms with Crippen LogP contribution in [-0.2, 0) is 12.0 Å². The van der Waals surface area contributed by atoms with Gasteiger partial charge in [-0.05, 0) is 68.8 Å². The number of halogens is 1. The van der Waals surface area contributed by atoms with Crippen molar-refractivity contribution < 1.29 is 25.5 Å². The van der Waals surface area contributed by atoms with Gasteiger partial charge in [-0.1, -0.05) is 0 Å². The lowest BCUT2D eigenvalue weighted by atomic mass is 9.72. The largest absolute Gasteiger partial charge is 0.511 e. The fourth-order valence-electron chi connectivity index (χ4n) is 6.35. The van der Waals surface area contributed by atoms with Crippen LogP contribution in [0.5, 0.6) is 17.2 Å². The third-order valence-corrected chi connectivity index (χ3v) is 8.16. The molecule has 194 valence electrons. The Morgan fingerprint density at radius 2 is 1.65 bits per heavy atom. The summed E-state index contributed by atoms with van der Waals surface area (Å²) in [5, 5.41) is 56.5. The summed E-state index contributed by atoms with van der Waals surface area (Å²) < 4.78 is 0. The molecule has 1 saturated heterocycles. The van der Waals surface area contributed by atoms with Crippen molar-refractivity contribution >= 4 is 50.5 Å². The van der Waals surface area contributed by atoms with Crippen molar-refractivity contribution in [2.24, 2.45) is 0 Å². The molecule has 1 atom stereocenters. The molecule has 4 aromatic carbocycles. The maximum absolute atomic E-state index is 13.9. The molecule has 2 aliphatic rings. The average molecular weight is 526 g/mol. The van der Waals surface area contributed by atoms with Crippen molar-refractivity contribution in [1.82, 2.24) is 4.90 Å². The van der Waals surface area contributed by atoms with Crippen molar-refractivity contribution in [3.8, 4) is 17.2 Å². The Bertz CT molecular complexity index is 1820. The summed E-state index contributed by atoms with van der Waals surface area (Å²) in [4.78, 5) is 28.9. The summed E-state index contributed by atoms with van der Waals surface area (Å²) in [6.07, 6.45) is 0.843. The van der Waals surface area contributed by atoms with Gasteiger partial charge in [-0.2, -0.15) is 0 Å². The summed E-state index contributed by atoms with van der Waals surface area (Å²) >= 11 is 0. The molecule has 8 nitrogen and oxygen atoms in total. The maximum Gasteiger partial charge on any atom is 0.198 e. The summed E-state index contributed by atoms with van der Waals surface area (Å²) in [7, 11) is 0. The minimum absolute atomic E-state index is 0. The first kappa shape index (κ1) is 25.3. The lowest BCUT2D eigenvalue weighted by molar-refractivity contribution is 0.0663. The molecule has 0 bridgehead atoms. The number of aryl methyl sites for hydroxylation is 1. The number of β-amino-alcohol motifs (C(OH)–C–C–N with tert-alkyl or cyclic N) is 1. The van der Waals surface area contributed by atoms with Crippen LogP contribution in [0.4, 0.5) is 0 Å². The van der Waals surface area contributed by atoms with Crippen LogP contribution in [-0.4, -0.2) is 49.6 Å². The Hall–Kier alpha value is -3.33. The lowest BCUT2D eigenvalue weighted by Crippen LogP contribution is -2.42. The second-order valence-electron chi connectivity index (χ2n) is 10.8. The summed E-state index contributed by atoms with van der Waals surface area (Å²) in [6, 6.07) is 2.85. The number of piperidine rings is 1. The average Bonchev–Trinajstić information content (AvgIpc) is 2.79. The smallest absolute Gasteiger partial charge is 0.198 e. The van der Waals surface area contributed by atoms with Crippen LogP contribution < -0.4 is 16.1 Å². The van der Waals surface area contributed by atoms with Crippen molar-refractivity contribution in [3.05, 3.63) is 54.5 Å². The molecule has 1 aliphatic heterocycles. The van der Waals surface area contributed by atoms with Crippen LogP contribution in [0, 0.1) is 6.92 Å². The number of benzene rings is 4. The quantitative estimate of drug-likeness (QED) is 0.199. The molecular formula is C28H28ClNO7. The van der Waals surface area contributed by atoms with Gasteiger partial charge in [-0.3, -0.25) is 14.5 Å². The van der Waals surface area contributed by atoms with Crippen LogP contribution in [0.2, 0.25) is 0 Å². The van der Waals surface area contributed by atoms with Crippen molar-refractivity contribution in [1.29, 1.82) is 0 Å². The van der Waals surface area contributed by atoms with Crippen LogP contribution >= 0.6 is 12.4 Å². The van der Waals surface area contributed by atoms with E-state index >= 15 is 0 Å². The number of aromatic hydroxyl groups is 3. The standard InChI is InChI=1S/C28H27NO7.ClH/c1-11-7-15(31)19-20-17(11)16(32)8-14-18(20)21-22(26(19)35)24(33)13(10-29-6-4-5-12(30)9-29)25(34)23(21)27(36)28(14,2)3;/h7-8,12,30,32-33,35-36H,4-6,9-10H2,1-3H3;1H. The van der Waals surface area contributed by atoms with Gasteiger partial charge in [-0.15, -0.1) is 12.4 Å². The van der Waals surface area contributed by atoms with Crippen LogP contribution in [0.3, 0.4) is 0 Å². The van der Waals surface area contributed by atoms with E-state index in [0.29, 0.717) is 46.8 Å². The molecule has 0 saturated carbocycles. The number of phenols is 3. The molecular weight excluding hydrogens is 498 g/mol. The Kier molecular flexibility index (Phi) is 5.53. The van der Waals surface area contributed by atoms with E-state index in [4.69, 9.17) is 0 Å². The first-order valence-electron chi connectivity index (χ1n) is 12.1. The van der Waals surface area contributed by atoms with Crippen molar-refractivity contribution in [2.45, 2.75) is 51.7 Å². The number of hydrogen-bond donors (Lipinski definition) is 5. The van der Waals surface area contributed by atoms with Gasteiger partial charge >= 0.3 is 0 Å². The zero-order valence-electron chi connectivity index (χ0n) is 20.7. The molecule has 0 radical (unpaired) electrons. The van der Waals surface area contributed by atoms with Gasteiger partial charge in [0, 0.05) is 34.7 Å². The fraction of sp³-hybridized carbons (Fsp3) is 0.357. The second-order valence-corrected chi connectivity index (χ2v) is 10.8. The summed E-state index contributed by atoms with van der Waals surface area (Å²) in [5.41, 5.74) is -1.14. The highest BCUT2D eigenvalue weighted by Gasteiger charge is 2.38. The van der Waals surface area contributed by atoms with E-state index < -0.39 is 33.9 Å². The van der Waals surface area contributed by atoms with E-state index in [-0.39, 0.29) is 57.4 Å². The molecule has 9 heteroatoms. The minimum atomic E-state index is -1.10. The number of aliphatic hydroxyl groups is 2. The highest BCUT2D eigenvalue weighted by Crippen LogP contribution is 2.51. The SMILES string of the molecule is Cc1cc(=O)c2c(O)c3c(O)c(CN4CCCC(O)C4)c(=O)c4c3c3c(cc(O)c1c23)C(C)(C)C=4O.Cl. The Balaban J connectivity index is 0.00000280. The van der Waals surface area contributed by atoms with Crippen molar-refractivity contribution in [3.63, 3.8) is 0 Å². The van der Waals surface area contributed by atoms with Gasteiger partial charge in [0.05, 0.1) is 27.7 Å². The fourth-order valence-corrected chi connectivity index (χ4v) is 6.35. The predicted molar refractivity (Wildman–Crippen MR) is 144 cm³/mol. The molecule has 0 aromatic heterocycles. The van der Waals surface area contributed by atoms with Gasteiger partial charge in [0.2, 0.25) is 0 Å². The van der Waals surface area contributed by atoms with E-state index in [9.17, 15) is 35.1 Å². The number of phenolic OH excluding ortho intramolecular Hbond substituents is 3. The predicted octanol–water partition coefficient (Wildman–Crippen LogP) is 2.78. The summed E-state index contributed by atoms with van der Waals surface area (Å²) in [6.45, 7) is 6.10. The molecule has 1 aliphatic carbocycles. The number of aliphatic hydroxyl groups excluding tert-OH is 2. The van der Waals surface area contributed by atoms with Gasteiger partial charge in [-0.25, -0.2) is 0 Å². The zero-order chi connectivity index (χ0) is 25.8. The molecule has 5 N–H and O–H groups in total. The molecule has 4 aromatic rings. The van der Waals surface area contributed by atoms with Gasteiger partial charge in [0.1, 0.15) is 23.0 Å². The molecule has 1 heterocycles. The van der Waals surface area contributed by atoms with Crippen LogP contribution in [0.25, 0.3) is 38.1 Å². The van der Waals surface area contributed by atoms with Crippen LogP contribution in [0.15, 0.2) is 21.7 Å². The highest BCUT2D eigenvalue weighted by molar-refractivity contribution is 6.29. The molecule has 1 fully saturated rings. The molecule has 37 heavy (non-hydrogen) atoms.